The molecule has 0 radical (unpaired) electrons. The smallest absolute Gasteiger partial charge is 0.234 e. The molecule has 1 aromatic carbocycles. The van der Waals surface area contributed by atoms with Crippen molar-refractivity contribution in [1.29, 1.82) is 0 Å². The summed E-state index contributed by atoms with van der Waals surface area (Å²) in [7, 11) is 0. The molecule has 0 aliphatic heterocycles. The molecule has 0 saturated heterocycles. The second-order valence-corrected chi connectivity index (χ2v) is 7.11. The topological polar surface area (TPSA) is 84.2 Å². The highest BCUT2D eigenvalue weighted by molar-refractivity contribution is 7.80. The first-order valence-electron chi connectivity index (χ1n) is 7.91. The average Bonchev–Trinajstić information content (AvgIpc) is 3.15. The summed E-state index contributed by atoms with van der Waals surface area (Å²) in [5.74, 6) is 0.621. The molecular weight excluding hydrogens is 356 g/mol. The largest absolute Gasteiger partial charge is 0.332 e. The Hall–Kier alpha value is -2.39. The van der Waals surface area contributed by atoms with Gasteiger partial charge in [-0.2, -0.15) is 9.61 Å². The number of nitrogens with one attached hydrogen (secondary N) is 2. The lowest BCUT2D eigenvalue weighted by Crippen LogP contribution is -2.36. The molecule has 0 unspecified atom stereocenters. The quantitative estimate of drug-likeness (QED) is 0.683. The first kappa shape index (κ1) is 17.4. The maximum atomic E-state index is 11.6. The van der Waals surface area contributed by atoms with Gasteiger partial charge in [-0.1, -0.05) is 32.1 Å². The predicted octanol–water partition coefficient (Wildman–Crippen LogP) is 2.88. The second-order valence-electron chi connectivity index (χ2n) is 5.75. The number of anilines is 1. The van der Waals surface area contributed by atoms with Crippen molar-refractivity contribution in [3.8, 4) is 10.6 Å². The van der Waals surface area contributed by atoms with E-state index in [9.17, 15) is 4.79 Å². The van der Waals surface area contributed by atoms with Crippen LogP contribution in [0.1, 0.15) is 26.6 Å². The van der Waals surface area contributed by atoms with Crippen molar-refractivity contribution in [3.63, 3.8) is 0 Å². The highest BCUT2D eigenvalue weighted by atomic mass is 32.1. The van der Waals surface area contributed by atoms with Crippen LogP contribution in [0.5, 0.6) is 0 Å². The zero-order valence-electron chi connectivity index (χ0n) is 14.1. The molecule has 0 aliphatic rings. The fourth-order valence-corrected chi connectivity index (χ4v) is 3.19. The van der Waals surface area contributed by atoms with E-state index in [1.165, 1.54) is 11.3 Å². The third kappa shape index (κ3) is 3.83. The summed E-state index contributed by atoms with van der Waals surface area (Å²) in [6.45, 7) is 5.66. The molecule has 9 heteroatoms. The van der Waals surface area contributed by atoms with Crippen LogP contribution in [0.25, 0.3) is 15.5 Å². The minimum atomic E-state index is -0.117. The number of hydrogen-bond donors (Lipinski definition) is 2. The van der Waals surface area contributed by atoms with Crippen molar-refractivity contribution >= 4 is 45.2 Å². The van der Waals surface area contributed by atoms with Gasteiger partial charge in [0.1, 0.15) is 5.01 Å². The number of carbonyl (C=O) groups is 1. The van der Waals surface area contributed by atoms with Crippen LogP contribution >= 0.6 is 23.6 Å². The van der Waals surface area contributed by atoms with Crippen molar-refractivity contribution in [1.82, 2.24) is 25.1 Å². The molecule has 0 spiro atoms. The van der Waals surface area contributed by atoms with Gasteiger partial charge < -0.3 is 10.6 Å². The summed E-state index contributed by atoms with van der Waals surface area (Å²) in [5.41, 5.74) is 1.79. The third-order valence-electron chi connectivity index (χ3n) is 3.52. The lowest BCUT2D eigenvalue weighted by molar-refractivity contribution is -0.122. The highest BCUT2D eigenvalue weighted by Gasteiger charge is 2.12. The maximum Gasteiger partial charge on any atom is 0.234 e. The molecule has 3 aromatic rings. The number of carbonyl (C=O) groups excluding carboxylic acids is 1. The van der Waals surface area contributed by atoms with Gasteiger partial charge in [0, 0.05) is 23.6 Å². The van der Waals surface area contributed by atoms with E-state index in [0.717, 1.165) is 33.5 Å². The van der Waals surface area contributed by atoms with Crippen molar-refractivity contribution in [2.45, 2.75) is 27.2 Å². The van der Waals surface area contributed by atoms with Gasteiger partial charge in [-0.3, -0.25) is 4.79 Å². The molecule has 0 bridgehead atoms. The molecule has 0 fully saturated rings. The van der Waals surface area contributed by atoms with Crippen LogP contribution in [0.4, 0.5) is 5.69 Å². The van der Waals surface area contributed by atoms with Gasteiger partial charge in [-0.15, -0.1) is 10.2 Å². The van der Waals surface area contributed by atoms with Gasteiger partial charge in [0.05, 0.1) is 0 Å². The summed E-state index contributed by atoms with van der Waals surface area (Å²) < 4.78 is 1.78. The number of fused-ring (bicyclic) bond motifs is 1. The van der Waals surface area contributed by atoms with Crippen LogP contribution in [-0.2, 0) is 11.2 Å². The molecule has 7 nitrogen and oxygen atoms in total. The minimum absolute atomic E-state index is 0.111. The summed E-state index contributed by atoms with van der Waals surface area (Å²) >= 11 is 6.64. The Kier molecular flexibility index (Phi) is 5.05. The van der Waals surface area contributed by atoms with Gasteiger partial charge in [0.15, 0.2) is 10.9 Å². The Balaban J connectivity index is 1.72. The molecule has 0 aliphatic carbocycles. The average molecular weight is 374 g/mol. The molecule has 25 heavy (non-hydrogen) atoms. The molecular formula is C16H18N6OS2. The van der Waals surface area contributed by atoms with E-state index < -0.39 is 0 Å². The Morgan fingerprint density at radius 2 is 2.00 bits per heavy atom. The van der Waals surface area contributed by atoms with Crippen molar-refractivity contribution in [2.75, 3.05) is 5.32 Å². The lowest BCUT2D eigenvalue weighted by atomic mass is 10.2. The summed E-state index contributed by atoms with van der Waals surface area (Å²) in [6, 6.07) is 7.69. The number of aryl methyl sites for hydroxylation is 1. The molecule has 2 heterocycles. The van der Waals surface area contributed by atoms with Gasteiger partial charge in [0.2, 0.25) is 10.9 Å². The van der Waals surface area contributed by atoms with E-state index in [2.05, 4.69) is 25.9 Å². The third-order valence-corrected chi connectivity index (χ3v) is 4.67. The summed E-state index contributed by atoms with van der Waals surface area (Å²) in [6.07, 6.45) is 0.784. The number of thiocarbonyl (C=S) groups is 1. The number of nitrogens with zero attached hydrogens (tertiary/aromatic N) is 4. The molecule has 1 amide bonds. The van der Waals surface area contributed by atoms with Gasteiger partial charge >= 0.3 is 0 Å². The normalized spacial score (nSPS) is 11.0. The SMILES string of the molecule is CCc1nnc2sc(-c3ccc(NC(=S)NC(=O)C(C)C)cc3)nn12. The van der Waals surface area contributed by atoms with Gasteiger partial charge in [-0.05, 0) is 36.5 Å². The number of hydrogen-bond acceptors (Lipinski definition) is 6. The number of amides is 1. The van der Waals surface area contributed by atoms with E-state index in [0.29, 0.717) is 0 Å². The predicted molar refractivity (Wildman–Crippen MR) is 103 cm³/mol. The van der Waals surface area contributed by atoms with Gasteiger partial charge in [0.25, 0.3) is 0 Å². The van der Waals surface area contributed by atoms with Crippen LogP contribution in [-0.4, -0.2) is 30.8 Å². The Morgan fingerprint density at radius 1 is 1.28 bits per heavy atom. The minimum Gasteiger partial charge on any atom is -0.332 e. The standard InChI is InChI=1S/C16H18N6OS2/c1-4-12-19-20-16-22(12)21-14(25-16)10-5-7-11(8-6-10)17-15(24)18-13(23)9(2)3/h5-9H,4H2,1-3H3,(H2,17,18,23,24). The van der Waals surface area contributed by atoms with E-state index in [4.69, 9.17) is 12.2 Å². The zero-order chi connectivity index (χ0) is 18.0. The Morgan fingerprint density at radius 3 is 2.64 bits per heavy atom. The van der Waals surface area contributed by atoms with Crippen LogP contribution in [0.3, 0.4) is 0 Å². The van der Waals surface area contributed by atoms with Crippen molar-refractivity contribution in [3.05, 3.63) is 30.1 Å². The molecule has 0 atom stereocenters. The number of aromatic nitrogens is 4. The fraction of sp³-hybridized carbons (Fsp3) is 0.312. The van der Waals surface area contributed by atoms with Crippen LogP contribution in [0, 0.1) is 5.92 Å². The second kappa shape index (κ2) is 7.24. The number of rotatable bonds is 4. The Bertz CT molecular complexity index is 913. The van der Waals surface area contributed by atoms with E-state index in [-0.39, 0.29) is 16.9 Å². The lowest BCUT2D eigenvalue weighted by Gasteiger charge is -2.11. The molecule has 0 saturated carbocycles. The summed E-state index contributed by atoms with van der Waals surface area (Å²) in [4.78, 5) is 12.4. The number of benzene rings is 1. The van der Waals surface area contributed by atoms with E-state index >= 15 is 0 Å². The summed E-state index contributed by atoms with van der Waals surface area (Å²) in [5, 5.41) is 19.6. The fourth-order valence-electron chi connectivity index (χ4n) is 2.11. The Labute approximate surface area is 154 Å². The van der Waals surface area contributed by atoms with Crippen molar-refractivity contribution < 1.29 is 4.79 Å². The van der Waals surface area contributed by atoms with Gasteiger partial charge in [-0.25, -0.2) is 0 Å². The highest BCUT2D eigenvalue weighted by Crippen LogP contribution is 2.26. The zero-order valence-corrected chi connectivity index (χ0v) is 15.7. The molecule has 2 aromatic heterocycles. The van der Waals surface area contributed by atoms with Crippen LogP contribution in [0.15, 0.2) is 24.3 Å². The van der Waals surface area contributed by atoms with Crippen LogP contribution in [0.2, 0.25) is 0 Å². The first-order chi connectivity index (χ1) is 12.0. The molecule has 130 valence electrons. The van der Waals surface area contributed by atoms with E-state index in [1.807, 2.05) is 45.0 Å². The first-order valence-corrected chi connectivity index (χ1v) is 9.13. The maximum absolute atomic E-state index is 11.6. The monoisotopic (exact) mass is 374 g/mol. The molecule has 3 rings (SSSR count). The molecule has 2 N–H and O–H groups in total. The van der Waals surface area contributed by atoms with Crippen LogP contribution < -0.4 is 10.6 Å². The van der Waals surface area contributed by atoms with Crippen molar-refractivity contribution in [2.24, 2.45) is 5.92 Å². The van der Waals surface area contributed by atoms with E-state index in [1.54, 1.807) is 4.52 Å².